The van der Waals surface area contributed by atoms with Crippen molar-refractivity contribution in [2.75, 3.05) is 13.2 Å². The maximum absolute atomic E-state index is 13.9. The predicted molar refractivity (Wildman–Crippen MR) is 83.2 cm³/mol. The summed E-state index contributed by atoms with van der Waals surface area (Å²) in [5, 5.41) is 0. The third-order valence-electron chi connectivity index (χ3n) is 3.61. The molecule has 2 atom stereocenters. The number of hydrogen-bond donors (Lipinski definition) is 0. The van der Waals surface area contributed by atoms with Crippen molar-refractivity contribution in [1.82, 2.24) is 0 Å². The van der Waals surface area contributed by atoms with Gasteiger partial charge in [-0.25, -0.2) is 4.39 Å². The van der Waals surface area contributed by atoms with Crippen LogP contribution in [0.5, 0.6) is 11.5 Å². The molecule has 0 radical (unpaired) electrons. The van der Waals surface area contributed by atoms with Crippen molar-refractivity contribution in [2.24, 2.45) is 11.8 Å². The lowest BCUT2D eigenvalue weighted by Gasteiger charge is -2.21. The maximum Gasteiger partial charge on any atom is 0.168 e. The van der Waals surface area contributed by atoms with E-state index in [0.717, 1.165) is 12.8 Å². The summed E-state index contributed by atoms with van der Waals surface area (Å²) >= 11 is 0. The number of hydrogen-bond acceptors (Lipinski definition) is 2. The topological polar surface area (TPSA) is 18.5 Å². The zero-order valence-electron chi connectivity index (χ0n) is 12.7. The van der Waals surface area contributed by atoms with Gasteiger partial charge in [-0.15, -0.1) is 0 Å². The number of benzene rings is 1. The Hall–Kier alpha value is -1.77. The van der Waals surface area contributed by atoms with Crippen LogP contribution in [-0.4, -0.2) is 13.2 Å². The highest BCUT2D eigenvalue weighted by Crippen LogP contribution is 2.26. The first kappa shape index (κ1) is 15.6. The summed E-state index contributed by atoms with van der Waals surface area (Å²) in [6.07, 6.45) is 10.9. The summed E-state index contributed by atoms with van der Waals surface area (Å²) in [6, 6.07) is 4.74. The standard InChI is InChI=1S/C18H23FO2/c1-3-5-14-6-8-15(9-7-14)13-21-18-11-10-16(20-4-2)12-17(18)19/h3,5-6,8,10-12,14-15H,4,7,9,13H2,1-2H3. The number of halogens is 1. The molecule has 1 aromatic rings. The van der Waals surface area contributed by atoms with E-state index in [2.05, 4.69) is 24.3 Å². The van der Waals surface area contributed by atoms with Crippen LogP contribution >= 0.6 is 0 Å². The number of allylic oxidation sites excluding steroid dienone is 3. The lowest BCUT2D eigenvalue weighted by atomic mass is 9.89. The van der Waals surface area contributed by atoms with Crippen LogP contribution in [0.1, 0.15) is 26.7 Å². The van der Waals surface area contributed by atoms with Gasteiger partial charge in [-0.1, -0.05) is 24.3 Å². The molecule has 1 aromatic carbocycles. The first-order valence-electron chi connectivity index (χ1n) is 7.59. The molecule has 2 unspecified atom stereocenters. The summed E-state index contributed by atoms with van der Waals surface area (Å²) in [5.41, 5.74) is 0. The van der Waals surface area contributed by atoms with Crippen LogP contribution in [0.2, 0.25) is 0 Å². The molecule has 0 fully saturated rings. The fourth-order valence-corrected chi connectivity index (χ4v) is 2.50. The maximum atomic E-state index is 13.9. The van der Waals surface area contributed by atoms with Gasteiger partial charge in [-0.3, -0.25) is 0 Å². The predicted octanol–water partition coefficient (Wildman–Crippen LogP) is 4.76. The molecule has 0 amide bonds. The van der Waals surface area contributed by atoms with E-state index in [9.17, 15) is 4.39 Å². The van der Waals surface area contributed by atoms with Crippen molar-refractivity contribution in [3.8, 4) is 11.5 Å². The van der Waals surface area contributed by atoms with Gasteiger partial charge in [0.1, 0.15) is 5.75 Å². The van der Waals surface area contributed by atoms with Crippen molar-refractivity contribution in [1.29, 1.82) is 0 Å². The molecule has 2 rings (SSSR count). The largest absolute Gasteiger partial charge is 0.494 e. The van der Waals surface area contributed by atoms with E-state index in [4.69, 9.17) is 9.47 Å². The monoisotopic (exact) mass is 290 g/mol. The molecule has 0 aromatic heterocycles. The van der Waals surface area contributed by atoms with Gasteiger partial charge in [0.25, 0.3) is 0 Å². The number of rotatable bonds is 6. The molecule has 2 nitrogen and oxygen atoms in total. The van der Waals surface area contributed by atoms with Crippen LogP contribution < -0.4 is 9.47 Å². The summed E-state index contributed by atoms with van der Waals surface area (Å²) in [4.78, 5) is 0. The van der Waals surface area contributed by atoms with Crippen LogP contribution in [0.3, 0.4) is 0 Å². The van der Waals surface area contributed by atoms with Crippen molar-refractivity contribution in [3.05, 3.63) is 48.3 Å². The zero-order valence-corrected chi connectivity index (χ0v) is 12.7. The van der Waals surface area contributed by atoms with Gasteiger partial charge in [-0.05, 0) is 44.7 Å². The molecule has 21 heavy (non-hydrogen) atoms. The van der Waals surface area contributed by atoms with Crippen LogP contribution in [0.15, 0.2) is 42.5 Å². The Balaban J connectivity index is 1.87. The Bertz CT molecular complexity index is 508. The molecular formula is C18H23FO2. The zero-order chi connectivity index (χ0) is 15.1. The second-order valence-electron chi connectivity index (χ2n) is 5.25. The Morgan fingerprint density at radius 1 is 1.24 bits per heavy atom. The Morgan fingerprint density at radius 2 is 2.10 bits per heavy atom. The summed E-state index contributed by atoms with van der Waals surface area (Å²) in [6.45, 7) is 4.96. The molecule has 3 heteroatoms. The van der Waals surface area contributed by atoms with E-state index in [0.29, 0.717) is 36.5 Å². The fraction of sp³-hybridized carbons (Fsp3) is 0.444. The Labute approximate surface area is 126 Å². The molecule has 1 aliphatic carbocycles. The van der Waals surface area contributed by atoms with Gasteiger partial charge < -0.3 is 9.47 Å². The first-order chi connectivity index (χ1) is 10.2. The highest BCUT2D eigenvalue weighted by Gasteiger charge is 2.15. The van der Waals surface area contributed by atoms with E-state index in [1.165, 1.54) is 6.07 Å². The second-order valence-corrected chi connectivity index (χ2v) is 5.25. The SMILES string of the molecule is CC=CC1C=CC(COc2ccc(OCC)cc2F)CC1. The summed E-state index contributed by atoms with van der Waals surface area (Å²) in [5.74, 6) is 1.36. The van der Waals surface area contributed by atoms with Crippen LogP contribution in [0.25, 0.3) is 0 Å². The molecular weight excluding hydrogens is 267 g/mol. The van der Waals surface area contributed by atoms with Gasteiger partial charge >= 0.3 is 0 Å². The molecule has 114 valence electrons. The molecule has 0 N–H and O–H groups in total. The highest BCUT2D eigenvalue weighted by molar-refractivity contribution is 5.33. The fourth-order valence-electron chi connectivity index (χ4n) is 2.50. The Kier molecular flexibility index (Phi) is 5.85. The highest BCUT2D eigenvalue weighted by atomic mass is 19.1. The molecule has 0 spiro atoms. The normalized spacial score (nSPS) is 21.7. The summed E-state index contributed by atoms with van der Waals surface area (Å²) in [7, 11) is 0. The van der Waals surface area contributed by atoms with Crippen LogP contribution in [0.4, 0.5) is 4.39 Å². The van der Waals surface area contributed by atoms with Gasteiger partial charge in [0.15, 0.2) is 11.6 Å². The minimum atomic E-state index is -0.368. The smallest absolute Gasteiger partial charge is 0.168 e. The second kappa shape index (κ2) is 7.87. The molecule has 1 aliphatic rings. The van der Waals surface area contributed by atoms with Gasteiger partial charge in [0, 0.05) is 12.0 Å². The van der Waals surface area contributed by atoms with E-state index in [-0.39, 0.29) is 5.82 Å². The lowest BCUT2D eigenvalue weighted by Crippen LogP contribution is -2.15. The molecule has 0 saturated heterocycles. The van der Waals surface area contributed by atoms with Crippen LogP contribution in [0, 0.1) is 17.7 Å². The van der Waals surface area contributed by atoms with Crippen LogP contribution in [-0.2, 0) is 0 Å². The summed E-state index contributed by atoms with van der Waals surface area (Å²) < 4.78 is 24.7. The molecule has 0 heterocycles. The first-order valence-corrected chi connectivity index (χ1v) is 7.59. The molecule has 0 aliphatic heterocycles. The van der Waals surface area contributed by atoms with Gasteiger partial charge in [-0.2, -0.15) is 0 Å². The van der Waals surface area contributed by atoms with Gasteiger partial charge in [0.2, 0.25) is 0 Å². The minimum Gasteiger partial charge on any atom is -0.494 e. The molecule has 0 saturated carbocycles. The van der Waals surface area contributed by atoms with Crippen molar-refractivity contribution >= 4 is 0 Å². The van der Waals surface area contributed by atoms with Crippen molar-refractivity contribution in [2.45, 2.75) is 26.7 Å². The average Bonchev–Trinajstić information content (AvgIpc) is 2.49. The number of ether oxygens (including phenoxy) is 2. The molecule has 0 bridgehead atoms. The quantitative estimate of drug-likeness (QED) is 0.703. The van der Waals surface area contributed by atoms with E-state index >= 15 is 0 Å². The third kappa shape index (κ3) is 4.62. The van der Waals surface area contributed by atoms with Gasteiger partial charge in [0.05, 0.1) is 13.2 Å². The Morgan fingerprint density at radius 3 is 2.71 bits per heavy atom. The van der Waals surface area contributed by atoms with Crippen molar-refractivity contribution in [3.63, 3.8) is 0 Å². The van der Waals surface area contributed by atoms with E-state index in [1.54, 1.807) is 12.1 Å². The van der Waals surface area contributed by atoms with E-state index < -0.39 is 0 Å². The van der Waals surface area contributed by atoms with E-state index in [1.807, 2.05) is 13.8 Å². The van der Waals surface area contributed by atoms with Crippen molar-refractivity contribution < 1.29 is 13.9 Å². The minimum absolute atomic E-state index is 0.294. The lowest BCUT2D eigenvalue weighted by molar-refractivity contribution is 0.248. The third-order valence-corrected chi connectivity index (χ3v) is 3.61. The average molecular weight is 290 g/mol.